The van der Waals surface area contributed by atoms with Crippen molar-refractivity contribution in [3.63, 3.8) is 0 Å². The largest absolute Gasteiger partial charge is 0.493 e. The summed E-state index contributed by atoms with van der Waals surface area (Å²) in [7, 11) is 3.15. The van der Waals surface area contributed by atoms with Crippen molar-refractivity contribution in [1.29, 1.82) is 0 Å². The molecule has 2 heterocycles. The number of nitrogens with one attached hydrogen (secondary N) is 2. The molecule has 1 aromatic heterocycles. The lowest BCUT2D eigenvalue weighted by molar-refractivity contribution is -0.121. The van der Waals surface area contributed by atoms with Gasteiger partial charge in [-0.15, -0.1) is 0 Å². The molecule has 1 aliphatic heterocycles. The van der Waals surface area contributed by atoms with Crippen LogP contribution in [0.1, 0.15) is 17.5 Å². The van der Waals surface area contributed by atoms with Gasteiger partial charge in [-0.05, 0) is 35.7 Å². The Morgan fingerprint density at radius 3 is 2.47 bits per heavy atom. The molecule has 2 N–H and O–H groups in total. The third-order valence-corrected chi connectivity index (χ3v) is 7.80. The molecule has 11 nitrogen and oxygen atoms in total. The summed E-state index contributed by atoms with van der Waals surface area (Å²) in [6.45, 7) is 0.954. The summed E-state index contributed by atoms with van der Waals surface area (Å²) >= 11 is 1.14. The van der Waals surface area contributed by atoms with Gasteiger partial charge in [0.1, 0.15) is 0 Å². The molecule has 0 saturated carbocycles. The maximum absolute atomic E-state index is 13.6. The lowest BCUT2D eigenvalue weighted by Gasteiger charge is -2.14. The number of carbonyl (C=O) groups is 2. The Balaban J connectivity index is 1.25. The molecular weight excluding hydrogens is 572 g/mol. The Labute approximate surface area is 252 Å². The number of rotatable bonds is 13. The lowest BCUT2D eigenvalue weighted by Crippen LogP contribution is -2.30. The van der Waals surface area contributed by atoms with E-state index in [0.717, 1.165) is 22.9 Å². The highest BCUT2D eigenvalue weighted by atomic mass is 32.2. The molecule has 3 aromatic carbocycles. The van der Waals surface area contributed by atoms with Gasteiger partial charge < -0.3 is 29.6 Å². The van der Waals surface area contributed by atoms with E-state index in [1.54, 1.807) is 26.4 Å². The van der Waals surface area contributed by atoms with Gasteiger partial charge in [0.25, 0.3) is 5.56 Å². The van der Waals surface area contributed by atoms with Crippen LogP contribution in [0.3, 0.4) is 0 Å². The van der Waals surface area contributed by atoms with Gasteiger partial charge in [-0.3, -0.25) is 19.0 Å². The minimum atomic E-state index is -0.325. The number of amides is 2. The Kier molecular flexibility index (Phi) is 9.67. The van der Waals surface area contributed by atoms with Gasteiger partial charge in [0.15, 0.2) is 28.2 Å². The molecule has 43 heavy (non-hydrogen) atoms. The van der Waals surface area contributed by atoms with Crippen LogP contribution in [-0.4, -0.2) is 54.7 Å². The van der Waals surface area contributed by atoms with Crippen molar-refractivity contribution in [2.24, 2.45) is 0 Å². The van der Waals surface area contributed by atoms with Crippen LogP contribution in [0.2, 0.25) is 0 Å². The number of aromatic nitrogens is 2. The third kappa shape index (κ3) is 7.39. The highest BCUT2D eigenvalue weighted by molar-refractivity contribution is 7.99. The molecule has 0 radical (unpaired) electrons. The number of nitrogens with zero attached hydrogens (tertiary/aromatic N) is 2. The predicted molar refractivity (Wildman–Crippen MR) is 162 cm³/mol. The standard InChI is InChI=1S/C31H32N4O7S/c1-39-24-9-8-20(14-25(24)40-2)10-12-32-28(36)11-13-35-30(38)22-15-26-27(42-19-41-26)16-23(22)34-31(35)43-18-29(37)33-17-21-6-4-3-5-7-21/h3-9,14-16H,10-13,17-19H2,1-2H3,(H,32,36)(H,33,37). The Morgan fingerprint density at radius 1 is 0.930 bits per heavy atom. The van der Waals surface area contributed by atoms with Crippen molar-refractivity contribution in [3.8, 4) is 23.0 Å². The quantitative estimate of drug-likeness (QED) is 0.174. The van der Waals surface area contributed by atoms with Crippen LogP contribution in [0.25, 0.3) is 10.9 Å². The number of fused-ring (bicyclic) bond motifs is 2. The highest BCUT2D eigenvalue weighted by Gasteiger charge is 2.20. The van der Waals surface area contributed by atoms with E-state index >= 15 is 0 Å². The van der Waals surface area contributed by atoms with Gasteiger partial charge in [-0.1, -0.05) is 48.2 Å². The van der Waals surface area contributed by atoms with Crippen LogP contribution in [-0.2, 0) is 29.1 Å². The number of carbonyl (C=O) groups excluding carboxylic acids is 2. The molecule has 0 atom stereocenters. The van der Waals surface area contributed by atoms with Crippen LogP contribution in [0, 0.1) is 0 Å². The zero-order valence-electron chi connectivity index (χ0n) is 23.9. The molecule has 0 spiro atoms. The van der Waals surface area contributed by atoms with Crippen LogP contribution in [0.5, 0.6) is 23.0 Å². The van der Waals surface area contributed by atoms with Crippen LogP contribution < -0.4 is 35.1 Å². The Hall–Kier alpha value is -4.71. The molecule has 12 heteroatoms. The summed E-state index contributed by atoms with van der Waals surface area (Å²) in [6.07, 6.45) is 0.646. The summed E-state index contributed by atoms with van der Waals surface area (Å²) in [5.41, 5.74) is 2.07. The molecule has 4 aromatic rings. The molecule has 1 aliphatic rings. The van der Waals surface area contributed by atoms with Gasteiger partial charge >= 0.3 is 0 Å². The van der Waals surface area contributed by atoms with E-state index in [0.29, 0.717) is 58.6 Å². The molecule has 2 amide bonds. The monoisotopic (exact) mass is 604 g/mol. The van der Waals surface area contributed by atoms with Crippen molar-refractivity contribution < 1.29 is 28.5 Å². The fraction of sp³-hybridized carbons (Fsp3) is 0.290. The van der Waals surface area contributed by atoms with Crippen molar-refractivity contribution in [2.45, 2.75) is 31.1 Å². The number of thioether (sulfide) groups is 1. The zero-order chi connectivity index (χ0) is 30.2. The van der Waals surface area contributed by atoms with E-state index in [1.807, 2.05) is 48.5 Å². The Bertz CT molecular complexity index is 1680. The third-order valence-electron chi connectivity index (χ3n) is 6.82. The van der Waals surface area contributed by atoms with E-state index in [9.17, 15) is 14.4 Å². The number of ether oxygens (including phenoxy) is 4. The number of methoxy groups -OCH3 is 2. The van der Waals surface area contributed by atoms with E-state index in [2.05, 4.69) is 15.6 Å². The second-order valence-electron chi connectivity index (χ2n) is 9.66. The maximum Gasteiger partial charge on any atom is 0.262 e. The van der Waals surface area contributed by atoms with Crippen LogP contribution in [0.15, 0.2) is 70.6 Å². The van der Waals surface area contributed by atoms with Crippen molar-refractivity contribution >= 4 is 34.5 Å². The van der Waals surface area contributed by atoms with Gasteiger partial charge in [0.05, 0.1) is 30.9 Å². The Morgan fingerprint density at radius 2 is 1.70 bits per heavy atom. The number of hydrogen-bond donors (Lipinski definition) is 2. The average molecular weight is 605 g/mol. The van der Waals surface area contributed by atoms with Gasteiger partial charge in [-0.25, -0.2) is 4.98 Å². The second kappa shape index (κ2) is 14.0. The molecule has 0 aliphatic carbocycles. The molecule has 5 rings (SSSR count). The fourth-order valence-electron chi connectivity index (χ4n) is 4.56. The van der Waals surface area contributed by atoms with Crippen molar-refractivity contribution in [2.75, 3.05) is 33.3 Å². The highest BCUT2D eigenvalue weighted by Crippen LogP contribution is 2.35. The summed E-state index contributed by atoms with van der Waals surface area (Å²) < 4.78 is 23.0. The van der Waals surface area contributed by atoms with Crippen LogP contribution in [0.4, 0.5) is 0 Å². The molecule has 0 unspecified atom stereocenters. The first-order valence-corrected chi connectivity index (χ1v) is 14.7. The minimum absolute atomic E-state index is 0.0485. The number of benzene rings is 3. The summed E-state index contributed by atoms with van der Waals surface area (Å²) in [4.78, 5) is 43.6. The minimum Gasteiger partial charge on any atom is -0.493 e. The zero-order valence-corrected chi connectivity index (χ0v) is 24.7. The lowest BCUT2D eigenvalue weighted by atomic mass is 10.1. The van der Waals surface area contributed by atoms with E-state index in [-0.39, 0.29) is 42.9 Å². The summed E-state index contributed by atoms with van der Waals surface area (Å²) in [5.74, 6) is 1.86. The van der Waals surface area contributed by atoms with E-state index in [4.69, 9.17) is 18.9 Å². The van der Waals surface area contributed by atoms with Crippen molar-refractivity contribution in [1.82, 2.24) is 20.2 Å². The predicted octanol–water partition coefficient (Wildman–Crippen LogP) is 3.30. The molecule has 224 valence electrons. The van der Waals surface area contributed by atoms with E-state index < -0.39 is 0 Å². The van der Waals surface area contributed by atoms with Crippen LogP contribution >= 0.6 is 11.8 Å². The average Bonchev–Trinajstić information content (AvgIpc) is 3.49. The second-order valence-corrected chi connectivity index (χ2v) is 10.6. The molecular formula is C31H32N4O7S. The number of hydrogen-bond acceptors (Lipinski definition) is 9. The SMILES string of the molecule is COc1ccc(CCNC(=O)CCn2c(SCC(=O)NCc3ccccc3)nc3cc4c(cc3c2=O)OCO4)cc1OC. The van der Waals surface area contributed by atoms with Gasteiger partial charge in [-0.2, -0.15) is 0 Å². The van der Waals surface area contributed by atoms with Crippen molar-refractivity contribution in [3.05, 3.63) is 82.1 Å². The maximum atomic E-state index is 13.6. The fourth-order valence-corrected chi connectivity index (χ4v) is 5.42. The normalized spacial score (nSPS) is 11.8. The van der Waals surface area contributed by atoms with Gasteiger partial charge in [0, 0.05) is 32.1 Å². The summed E-state index contributed by atoms with van der Waals surface area (Å²) in [5, 5.41) is 6.47. The van der Waals surface area contributed by atoms with Gasteiger partial charge in [0.2, 0.25) is 18.6 Å². The molecule has 0 saturated heterocycles. The smallest absolute Gasteiger partial charge is 0.262 e. The topological polar surface area (TPSA) is 130 Å². The van der Waals surface area contributed by atoms with E-state index in [1.165, 1.54) is 4.57 Å². The first-order valence-electron chi connectivity index (χ1n) is 13.7. The first-order chi connectivity index (χ1) is 20.9. The molecule has 0 bridgehead atoms. The summed E-state index contributed by atoms with van der Waals surface area (Å²) in [6, 6.07) is 18.5. The molecule has 0 fully saturated rings. The first kappa shape index (κ1) is 29.8.